The molecule has 19 heteroatoms. The Labute approximate surface area is 232 Å². The van der Waals surface area contributed by atoms with Gasteiger partial charge in [0.15, 0.2) is 5.69 Å². The molecule has 0 aromatic carbocycles. The molecule has 1 unspecified atom stereocenters. The van der Waals surface area contributed by atoms with Gasteiger partial charge in [0.05, 0.1) is 24.7 Å². The van der Waals surface area contributed by atoms with E-state index >= 15 is 4.39 Å². The van der Waals surface area contributed by atoms with Crippen molar-refractivity contribution in [1.29, 1.82) is 0 Å². The molecule has 2 fully saturated rings. The lowest BCUT2D eigenvalue weighted by molar-refractivity contribution is -0.145. The van der Waals surface area contributed by atoms with Crippen molar-refractivity contribution in [2.24, 2.45) is 17.8 Å². The van der Waals surface area contributed by atoms with Crippen molar-refractivity contribution in [1.82, 2.24) is 40.4 Å². The molecule has 42 heavy (non-hydrogen) atoms. The molecule has 13 nitrogen and oxygen atoms in total. The third kappa shape index (κ3) is 6.88. The second-order valence-electron chi connectivity index (χ2n) is 10.2. The number of carbonyl (C=O) groups excluding carboxylic acids is 2. The molecule has 2 saturated carbocycles. The molecule has 3 aromatic rings. The Bertz CT molecular complexity index is 1400. The second-order valence-corrected chi connectivity index (χ2v) is 10.2. The van der Waals surface area contributed by atoms with Crippen LogP contribution in [0.5, 0.6) is 0 Å². The quantitative estimate of drug-likeness (QED) is 0.280. The summed E-state index contributed by atoms with van der Waals surface area (Å²) in [6.07, 6.45) is 0.472. The fourth-order valence-corrected chi connectivity index (χ4v) is 4.98. The van der Waals surface area contributed by atoms with E-state index in [-0.39, 0.29) is 34.8 Å². The van der Waals surface area contributed by atoms with E-state index in [1.165, 1.54) is 6.92 Å². The van der Waals surface area contributed by atoms with Crippen molar-refractivity contribution < 1.29 is 45.3 Å². The van der Waals surface area contributed by atoms with Crippen LogP contribution in [0.4, 0.5) is 32.0 Å². The largest absolute Gasteiger partial charge is 0.408 e. The highest BCUT2D eigenvalue weighted by Crippen LogP contribution is 2.51. The maximum absolute atomic E-state index is 15.0. The molecule has 3 aromatic heterocycles. The maximum Gasteiger partial charge on any atom is 0.408 e. The number of aryl methyl sites for hydroxylation is 1. The molecule has 228 valence electrons. The van der Waals surface area contributed by atoms with Crippen LogP contribution >= 0.6 is 0 Å². The number of aromatic nitrogens is 7. The highest BCUT2D eigenvalue weighted by molar-refractivity contribution is 6.01. The Morgan fingerprint density at radius 2 is 1.86 bits per heavy atom. The normalized spacial score (nSPS) is 17.1. The Morgan fingerprint density at radius 1 is 1.17 bits per heavy atom. The topological polar surface area (TPSA) is 155 Å². The van der Waals surface area contributed by atoms with Gasteiger partial charge in [-0.3, -0.25) is 14.3 Å². The molecule has 2 aliphatic rings. The van der Waals surface area contributed by atoms with Crippen LogP contribution in [0.25, 0.3) is 0 Å². The van der Waals surface area contributed by atoms with E-state index < -0.39 is 61.5 Å². The first-order chi connectivity index (χ1) is 19.9. The summed E-state index contributed by atoms with van der Waals surface area (Å²) in [4.78, 5) is 26.5. The molecule has 0 bridgehead atoms. The molecule has 0 saturated heterocycles. The van der Waals surface area contributed by atoms with Gasteiger partial charge in [-0.25, -0.2) is 9.31 Å². The van der Waals surface area contributed by atoms with E-state index in [1.54, 1.807) is 0 Å². The van der Waals surface area contributed by atoms with Crippen LogP contribution in [0.15, 0.2) is 17.0 Å². The number of nitrogens with one attached hydrogen (secondary N) is 2. The van der Waals surface area contributed by atoms with Crippen LogP contribution in [0.1, 0.15) is 53.6 Å². The molecule has 5 rings (SSSR count). The summed E-state index contributed by atoms with van der Waals surface area (Å²) in [6.45, 7) is -4.33. The highest BCUT2D eigenvalue weighted by Gasteiger charge is 2.48. The third-order valence-electron chi connectivity index (χ3n) is 7.12. The predicted molar refractivity (Wildman–Crippen MR) is 126 cm³/mol. The molecule has 2 atom stereocenters. The molecule has 0 aliphatic heterocycles. The zero-order valence-electron chi connectivity index (χ0n) is 21.9. The molecular formula is C23H25F6N9O4. The number of hydrogen-bond donors (Lipinski definition) is 2. The van der Waals surface area contributed by atoms with Crippen molar-refractivity contribution in [3.05, 3.63) is 35.4 Å². The summed E-state index contributed by atoms with van der Waals surface area (Å²) < 4.78 is 89.9. The molecular weight excluding hydrogens is 580 g/mol. The second kappa shape index (κ2) is 11.7. The van der Waals surface area contributed by atoms with Crippen LogP contribution in [-0.2, 0) is 16.1 Å². The van der Waals surface area contributed by atoms with Gasteiger partial charge in [0.1, 0.15) is 30.0 Å². The predicted octanol–water partition coefficient (Wildman–Crippen LogP) is 2.87. The summed E-state index contributed by atoms with van der Waals surface area (Å²) in [7, 11) is 0. The summed E-state index contributed by atoms with van der Waals surface area (Å²) >= 11 is 0. The van der Waals surface area contributed by atoms with E-state index in [9.17, 15) is 31.5 Å². The zero-order chi connectivity index (χ0) is 30.2. The van der Waals surface area contributed by atoms with E-state index in [0.717, 1.165) is 42.8 Å². The summed E-state index contributed by atoms with van der Waals surface area (Å²) in [5.41, 5.74) is -0.772. The number of hydrogen-bond acceptors (Lipinski definition) is 9. The minimum Gasteiger partial charge on any atom is -0.338 e. The average Bonchev–Trinajstić information content (AvgIpc) is 3.81. The van der Waals surface area contributed by atoms with Crippen LogP contribution < -0.4 is 10.6 Å². The fourth-order valence-electron chi connectivity index (χ4n) is 4.98. The van der Waals surface area contributed by atoms with Gasteiger partial charge < -0.3 is 15.4 Å². The zero-order valence-corrected chi connectivity index (χ0v) is 21.9. The van der Waals surface area contributed by atoms with Crippen LogP contribution in [0.3, 0.4) is 0 Å². The lowest BCUT2D eigenvalue weighted by Crippen LogP contribution is -2.50. The minimum atomic E-state index is -4.73. The maximum atomic E-state index is 15.0. The Hall–Kier alpha value is -4.03. The first-order valence-electron chi connectivity index (χ1n) is 12.9. The lowest BCUT2D eigenvalue weighted by atomic mass is 9.88. The molecule has 3 heterocycles. The SMILES string of the molecule is Cc1nonc1C(=O)N[C@H](C(=O)Nc1cn(C(COC(F)F)c2cnnn2CC(F)(F)F)nc1F)C(C1CC1)C1CC1. The van der Waals surface area contributed by atoms with Gasteiger partial charge in [0, 0.05) is 0 Å². The van der Waals surface area contributed by atoms with Crippen molar-refractivity contribution in [3.63, 3.8) is 0 Å². The fraction of sp³-hybridized carbons (Fsp3) is 0.609. The monoisotopic (exact) mass is 605 g/mol. The molecule has 0 spiro atoms. The first kappa shape index (κ1) is 29.5. The van der Waals surface area contributed by atoms with Crippen molar-refractivity contribution >= 4 is 17.5 Å². The van der Waals surface area contributed by atoms with E-state index in [4.69, 9.17) is 0 Å². The van der Waals surface area contributed by atoms with Crippen LogP contribution in [0.2, 0.25) is 0 Å². The van der Waals surface area contributed by atoms with Crippen LogP contribution in [-0.4, -0.2) is 72.3 Å². The van der Waals surface area contributed by atoms with Crippen molar-refractivity contribution in [2.75, 3.05) is 11.9 Å². The van der Waals surface area contributed by atoms with Gasteiger partial charge in [-0.15, -0.1) is 10.2 Å². The summed E-state index contributed by atoms with van der Waals surface area (Å²) in [5, 5.41) is 22.5. The van der Waals surface area contributed by atoms with Gasteiger partial charge in [0.25, 0.3) is 11.9 Å². The Morgan fingerprint density at radius 3 is 2.43 bits per heavy atom. The van der Waals surface area contributed by atoms with Crippen molar-refractivity contribution in [3.8, 4) is 0 Å². The van der Waals surface area contributed by atoms with Gasteiger partial charge >= 0.3 is 12.8 Å². The highest BCUT2D eigenvalue weighted by atomic mass is 19.4. The number of rotatable bonds is 13. The van der Waals surface area contributed by atoms with Gasteiger partial charge in [0.2, 0.25) is 5.91 Å². The van der Waals surface area contributed by atoms with Gasteiger partial charge in [-0.05, 0) is 55.5 Å². The van der Waals surface area contributed by atoms with E-state index in [0.29, 0.717) is 4.68 Å². The van der Waals surface area contributed by atoms with E-state index in [2.05, 4.69) is 45.7 Å². The van der Waals surface area contributed by atoms with Crippen molar-refractivity contribution in [2.45, 2.75) is 64.0 Å². The number of carbonyl (C=O) groups is 2. The average molecular weight is 605 g/mol. The first-order valence-corrected chi connectivity index (χ1v) is 12.9. The van der Waals surface area contributed by atoms with E-state index in [1.807, 2.05) is 0 Å². The molecule has 2 N–H and O–H groups in total. The number of halogens is 6. The minimum absolute atomic E-state index is 0.122. The Kier molecular flexibility index (Phi) is 8.20. The number of alkyl halides is 5. The van der Waals surface area contributed by atoms with Crippen LogP contribution in [0, 0.1) is 30.6 Å². The molecule has 0 radical (unpaired) electrons. The number of amides is 2. The lowest BCUT2D eigenvalue weighted by Gasteiger charge is -2.27. The smallest absolute Gasteiger partial charge is 0.338 e. The molecule has 2 amide bonds. The van der Waals surface area contributed by atoms with Gasteiger partial charge in [-0.1, -0.05) is 10.4 Å². The third-order valence-corrected chi connectivity index (χ3v) is 7.12. The number of nitrogens with zero attached hydrogens (tertiary/aromatic N) is 7. The number of ether oxygens (including phenoxy) is 1. The summed E-state index contributed by atoms with van der Waals surface area (Å²) in [6, 6.07) is -2.63. The Balaban J connectivity index is 1.40. The number of anilines is 1. The summed E-state index contributed by atoms with van der Waals surface area (Å²) in [5.74, 6) is -2.67. The standard InChI is InChI=1S/C23H25F6N9O4/c1-10-17(35-42-34-10)20(39)32-18(16(11-2-3-11)12-4-5-12)21(40)31-13-7-37(33-19(13)24)15(8-41-22(25)26)14-6-30-36-38(14)9-23(27,28)29/h6-7,11-12,15-16,18,22H,2-5,8-9H2,1H3,(H,31,40)(H,32,39)/t15?,18-/m0/s1. The molecule has 2 aliphatic carbocycles. The van der Waals surface area contributed by atoms with Gasteiger partial charge in [-0.2, -0.15) is 26.3 Å².